The van der Waals surface area contributed by atoms with E-state index in [1.165, 1.54) is 28.6 Å². The molecule has 0 saturated carbocycles. The monoisotopic (exact) mass is 630 g/mol. The molecule has 2 atom stereocenters. The predicted octanol–water partition coefficient (Wildman–Crippen LogP) is 3.71. The number of carbonyl (C=O) groups is 2. The molecule has 0 radical (unpaired) electrons. The molecule has 10 nitrogen and oxygen atoms in total. The summed E-state index contributed by atoms with van der Waals surface area (Å²) in [4.78, 5) is 29.2. The third-order valence-corrected chi connectivity index (χ3v) is 9.33. The van der Waals surface area contributed by atoms with Crippen LogP contribution in [0.3, 0.4) is 0 Å². The predicted molar refractivity (Wildman–Crippen MR) is 171 cm³/mol. The number of carbonyl (C=O) groups excluding carboxylic acids is 2. The maximum absolute atomic E-state index is 13.9. The zero-order valence-corrected chi connectivity index (χ0v) is 27.8. The molecule has 1 aliphatic rings. The fourth-order valence-corrected chi connectivity index (χ4v) is 6.96. The first kappa shape index (κ1) is 35.5. The molecule has 1 heterocycles. The van der Waals surface area contributed by atoms with Crippen LogP contribution in [-0.2, 0) is 26.0 Å². The first-order valence-electron chi connectivity index (χ1n) is 15.4. The van der Waals surface area contributed by atoms with Crippen LogP contribution < -0.4 is 10.2 Å². The van der Waals surface area contributed by atoms with Crippen molar-refractivity contribution in [3.05, 3.63) is 60.2 Å². The van der Waals surface area contributed by atoms with E-state index in [2.05, 4.69) is 5.43 Å². The van der Waals surface area contributed by atoms with Crippen LogP contribution in [-0.4, -0.2) is 91.5 Å². The van der Waals surface area contributed by atoms with Gasteiger partial charge in [0.05, 0.1) is 30.7 Å². The van der Waals surface area contributed by atoms with Crippen LogP contribution in [0.1, 0.15) is 59.4 Å². The van der Waals surface area contributed by atoms with E-state index in [0.29, 0.717) is 5.75 Å². The topological polar surface area (TPSA) is 119 Å². The zero-order chi connectivity index (χ0) is 32.5. The number of hydrazine groups is 1. The van der Waals surface area contributed by atoms with Crippen LogP contribution in [0.4, 0.5) is 0 Å². The van der Waals surface area contributed by atoms with Gasteiger partial charge in [0.2, 0.25) is 15.9 Å². The van der Waals surface area contributed by atoms with Crippen molar-refractivity contribution >= 4 is 21.8 Å². The molecule has 1 unspecified atom stereocenters. The number of likely N-dealkylation sites (tertiary alicyclic amines) is 1. The highest BCUT2D eigenvalue weighted by molar-refractivity contribution is 7.89. The number of aliphatic hydroxyl groups is 1. The van der Waals surface area contributed by atoms with E-state index < -0.39 is 27.6 Å². The second kappa shape index (κ2) is 15.8. The molecule has 2 aromatic rings. The minimum absolute atomic E-state index is 0.0402. The molecule has 1 fully saturated rings. The molecule has 11 heteroatoms. The Bertz CT molecular complexity index is 1310. The van der Waals surface area contributed by atoms with Gasteiger partial charge in [0.25, 0.3) is 5.91 Å². The molecular weight excluding hydrogens is 580 g/mol. The normalized spacial score (nSPS) is 15.8. The van der Waals surface area contributed by atoms with E-state index in [9.17, 15) is 23.1 Å². The Morgan fingerprint density at radius 2 is 1.61 bits per heavy atom. The van der Waals surface area contributed by atoms with Crippen LogP contribution in [0.2, 0.25) is 0 Å². The van der Waals surface area contributed by atoms with Crippen LogP contribution >= 0.6 is 0 Å². The number of benzene rings is 2. The largest absolute Gasteiger partial charge is 0.497 e. The minimum Gasteiger partial charge on any atom is -0.497 e. The molecule has 0 spiro atoms. The number of nitrogens with zero attached hydrogens (tertiary/aromatic N) is 3. The van der Waals surface area contributed by atoms with Gasteiger partial charge in [0, 0.05) is 19.5 Å². The maximum Gasteiger partial charge on any atom is 0.252 e. The summed E-state index contributed by atoms with van der Waals surface area (Å²) < 4.78 is 34.2. The molecule has 0 aromatic heterocycles. The fraction of sp³-hybridized carbons (Fsp3) is 0.576. The van der Waals surface area contributed by atoms with E-state index in [1.807, 2.05) is 69.9 Å². The standard InChI is InChI=1S/C33H50N4O6S/c1-25(2)22-36(44(41,42)28-16-14-27(43-6)15-17-28)23-30(38)29(20-26-12-8-7-9-13-26)37(32(40)21-33(3,4)5)34-31(39)24-35-18-10-11-19-35/h7-9,12-17,25,29-30,38H,10-11,18-24H2,1-6H3,(H,34,39)/t29?,30-/m1/s1. The van der Waals surface area contributed by atoms with Crippen molar-refractivity contribution in [1.29, 1.82) is 0 Å². The maximum atomic E-state index is 13.9. The number of aliphatic hydroxyl groups excluding tert-OH is 1. The molecule has 0 aliphatic carbocycles. The van der Waals surface area contributed by atoms with Gasteiger partial charge >= 0.3 is 0 Å². The molecule has 44 heavy (non-hydrogen) atoms. The third-order valence-electron chi connectivity index (χ3n) is 7.48. The Labute approximate surface area is 263 Å². The Morgan fingerprint density at radius 1 is 1.00 bits per heavy atom. The first-order chi connectivity index (χ1) is 20.7. The summed E-state index contributed by atoms with van der Waals surface area (Å²) in [5, 5.41) is 13.1. The van der Waals surface area contributed by atoms with Gasteiger partial charge in [-0.1, -0.05) is 65.0 Å². The van der Waals surface area contributed by atoms with Gasteiger partial charge in [-0.25, -0.2) is 13.4 Å². The molecule has 1 saturated heterocycles. The lowest BCUT2D eigenvalue weighted by molar-refractivity contribution is -0.149. The van der Waals surface area contributed by atoms with Crippen molar-refractivity contribution in [1.82, 2.24) is 19.6 Å². The molecular formula is C33H50N4O6S. The van der Waals surface area contributed by atoms with Crippen LogP contribution in [0.5, 0.6) is 5.75 Å². The van der Waals surface area contributed by atoms with Gasteiger partial charge in [-0.2, -0.15) is 4.31 Å². The van der Waals surface area contributed by atoms with Crippen molar-refractivity contribution in [2.24, 2.45) is 11.3 Å². The second-order valence-electron chi connectivity index (χ2n) is 13.2. The number of hydrogen-bond acceptors (Lipinski definition) is 7. The van der Waals surface area contributed by atoms with Gasteiger partial charge in [-0.05, 0) is 73.5 Å². The lowest BCUT2D eigenvalue weighted by Crippen LogP contribution is -2.60. The average molecular weight is 631 g/mol. The van der Waals surface area contributed by atoms with Crippen molar-refractivity contribution in [3.8, 4) is 5.75 Å². The van der Waals surface area contributed by atoms with E-state index in [0.717, 1.165) is 31.5 Å². The number of ether oxygens (including phenoxy) is 1. The smallest absolute Gasteiger partial charge is 0.252 e. The van der Waals surface area contributed by atoms with Gasteiger partial charge in [-0.15, -0.1) is 0 Å². The Kier molecular flexibility index (Phi) is 12.8. The van der Waals surface area contributed by atoms with Crippen molar-refractivity contribution in [2.45, 2.75) is 77.3 Å². The molecule has 2 N–H and O–H groups in total. The van der Waals surface area contributed by atoms with E-state index >= 15 is 0 Å². The molecule has 2 aromatic carbocycles. The van der Waals surface area contributed by atoms with Crippen molar-refractivity contribution in [2.75, 3.05) is 39.8 Å². The summed E-state index contributed by atoms with van der Waals surface area (Å²) in [6.07, 6.45) is 1.04. The van der Waals surface area contributed by atoms with E-state index in [-0.39, 0.29) is 55.1 Å². The number of sulfonamides is 1. The van der Waals surface area contributed by atoms with Gasteiger partial charge in [0.1, 0.15) is 5.75 Å². The van der Waals surface area contributed by atoms with Gasteiger partial charge in [0.15, 0.2) is 0 Å². The number of nitrogens with one attached hydrogen (secondary N) is 1. The summed E-state index contributed by atoms with van der Waals surface area (Å²) >= 11 is 0. The Balaban J connectivity index is 1.99. The molecule has 1 aliphatic heterocycles. The van der Waals surface area contributed by atoms with Crippen molar-refractivity contribution < 1.29 is 27.9 Å². The highest BCUT2D eigenvalue weighted by Gasteiger charge is 2.37. The summed E-state index contributed by atoms with van der Waals surface area (Å²) in [6, 6.07) is 14.6. The Morgan fingerprint density at radius 3 is 2.16 bits per heavy atom. The van der Waals surface area contributed by atoms with Crippen LogP contribution in [0.25, 0.3) is 0 Å². The highest BCUT2D eigenvalue weighted by Crippen LogP contribution is 2.25. The van der Waals surface area contributed by atoms with Crippen LogP contribution in [0.15, 0.2) is 59.5 Å². The number of hydrogen-bond donors (Lipinski definition) is 2. The minimum atomic E-state index is -4.02. The molecule has 3 rings (SSSR count). The molecule has 0 bridgehead atoms. The molecule has 2 amide bonds. The van der Waals surface area contributed by atoms with Gasteiger partial charge in [-0.3, -0.25) is 19.9 Å². The quantitative estimate of drug-likeness (QED) is 0.306. The third kappa shape index (κ3) is 10.6. The summed E-state index contributed by atoms with van der Waals surface area (Å²) in [7, 11) is -2.51. The number of methoxy groups -OCH3 is 1. The number of rotatable bonds is 14. The van der Waals surface area contributed by atoms with E-state index in [1.54, 1.807) is 12.1 Å². The SMILES string of the molecule is COc1ccc(S(=O)(=O)N(CC(C)C)C[C@@H](O)C(Cc2ccccc2)N(NC(=O)CN2CCCC2)C(=O)CC(C)(C)C)cc1. The average Bonchev–Trinajstić information content (AvgIpc) is 3.46. The zero-order valence-electron chi connectivity index (χ0n) is 27.0. The summed E-state index contributed by atoms with van der Waals surface area (Å²) in [6.45, 7) is 11.3. The summed E-state index contributed by atoms with van der Waals surface area (Å²) in [5.41, 5.74) is 3.28. The highest BCUT2D eigenvalue weighted by atomic mass is 32.2. The lowest BCUT2D eigenvalue weighted by atomic mass is 9.91. The van der Waals surface area contributed by atoms with Crippen molar-refractivity contribution in [3.63, 3.8) is 0 Å². The second-order valence-corrected chi connectivity index (χ2v) is 15.2. The summed E-state index contributed by atoms with van der Waals surface area (Å²) in [5.74, 6) is -0.202. The molecule has 244 valence electrons. The lowest BCUT2D eigenvalue weighted by Gasteiger charge is -2.38. The van der Waals surface area contributed by atoms with Gasteiger partial charge < -0.3 is 9.84 Å². The van der Waals surface area contributed by atoms with Crippen LogP contribution in [0, 0.1) is 11.3 Å². The van der Waals surface area contributed by atoms with E-state index in [4.69, 9.17) is 4.74 Å². The number of amides is 2. The first-order valence-corrected chi connectivity index (χ1v) is 16.8. The fourth-order valence-electron chi connectivity index (χ4n) is 5.34. The Hall–Kier alpha value is -2.99.